The fourth-order valence-corrected chi connectivity index (χ4v) is 3.23. The zero-order valence-electron chi connectivity index (χ0n) is 13.8. The number of hydrogen-bond acceptors (Lipinski definition) is 7. The first-order valence-electron chi connectivity index (χ1n) is 7.46. The molecule has 0 spiro atoms. The van der Waals surface area contributed by atoms with Crippen LogP contribution in [0.1, 0.15) is 34.5 Å². The molecule has 0 saturated heterocycles. The number of esters is 1. The number of nitrogens with one attached hydrogen (secondary N) is 1. The van der Waals surface area contributed by atoms with Gasteiger partial charge in [0, 0.05) is 12.1 Å². The number of cyclic esters (lactones) is 1. The lowest BCUT2D eigenvalue weighted by molar-refractivity contribution is 0.0446. The molecule has 0 fully saturated rings. The molecule has 0 amide bonds. The van der Waals surface area contributed by atoms with E-state index in [1.54, 1.807) is 19.1 Å². The molecule has 2 aromatic rings. The maximum atomic E-state index is 12.4. The number of carbonyl (C=O) groups excluding carboxylic acids is 1. The van der Waals surface area contributed by atoms with E-state index in [1.165, 1.54) is 18.8 Å². The molecule has 9 heteroatoms. The number of H-pyrrole nitrogens is 1. The molecule has 0 aliphatic carbocycles. The average molecular weight is 364 g/mol. The lowest BCUT2D eigenvalue weighted by Gasteiger charge is -2.16. The van der Waals surface area contributed by atoms with Crippen LogP contribution >= 0.6 is 12.2 Å². The highest BCUT2D eigenvalue weighted by atomic mass is 32.1. The van der Waals surface area contributed by atoms with Crippen molar-refractivity contribution in [3.05, 3.63) is 43.9 Å². The zero-order chi connectivity index (χ0) is 18.3. The van der Waals surface area contributed by atoms with Crippen LogP contribution < -0.4 is 15.0 Å². The molecule has 2 heterocycles. The topological polar surface area (TPSA) is 103 Å². The number of methoxy groups -OCH3 is 2. The van der Waals surface area contributed by atoms with E-state index in [2.05, 4.69) is 4.98 Å². The molecule has 132 valence electrons. The SMILES string of the molecule is CCn1c(O)c([C@@H]2OC(=O)c3c2ccc(OC)c3OC)c(=O)[nH]c1=S. The van der Waals surface area contributed by atoms with Crippen molar-refractivity contribution in [1.82, 2.24) is 9.55 Å². The largest absolute Gasteiger partial charge is 0.494 e. The number of fused-ring (bicyclic) bond motifs is 1. The number of benzene rings is 1. The standard InChI is InChI=1S/C16H16N2O6S/c1-4-18-14(20)10(13(19)17-16(18)25)11-7-5-6-8(22-2)12(23-3)9(7)15(21)24-11/h5-6,11,20H,4H2,1-3H3,(H,17,19,25)/t11-/m1/s1. The van der Waals surface area contributed by atoms with Gasteiger partial charge in [-0.15, -0.1) is 0 Å². The van der Waals surface area contributed by atoms with E-state index in [-0.39, 0.29) is 27.5 Å². The smallest absolute Gasteiger partial charge is 0.343 e. The highest BCUT2D eigenvalue weighted by molar-refractivity contribution is 7.71. The summed E-state index contributed by atoms with van der Waals surface area (Å²) in [6.45, 7) is 2.11. The minimum absolute atomic E-state index is 0.0882. The van der Waals surface area contributed by atoms with Crippen molar-refractivity contribution < 1.29 is 24.1 Å². The van der Waals surface area contributed by atoms with Gasteiger partial charge < -0.3 is 19.3 Å². The van der Waals surface area contributed by atoms with Crippen LogP contribution in [-0.4, -0.2) is 34.8 Å². The molecule has 8 nitrogen and oxygen atoms in total. The van der Waals surface area contributed by atoms with Crippen molar-refractivity contribution in [3.8, 4) is 17.4 Å². The third-order valence-corrected chi connectivity index (χ3v) is 4.40. The second kappa shape index (κ2) is 6.25. The van der Waals surface area contributed by atoms with Crippen molar-refractivity contribution in [2.75, 3.05) is 14.2 Å². The fraction of sp³-hybridized carbons (Fsp3) is 0.312. The van der Waals surface area contributed by atoms with Gasteiger partial charge in [-0.2, -0.15) is 0 Å². The molecular formula is C16H16N2O6S. The van der Waals surface area contributed by atoms with Gasteiger partial charge in [-0.1, -0.05) is 6.07 Å². The molecule has 2 N–H and O–H groups in total. The quantitative estimate of drug-likeness (QED) is 0.631. The normalized spacial score (nSPS) is 15.6. The average Bonchev–Trinajstić information content (AvgIpc) is 2.90. The van der Waals surface area contributed by atoms with E-state index in [9.17, 15) is 14.7 Å². The summed E-state index contributed by atoms with van der Waals surface area (Å²) in [5, 5.41) is 10.5. The number of aromatic nitrogens is 2. The van der Waals surface area contributed by atoms with Crippen LogP contribution in [0.2, 0.25) is 0 Å². The molecule has 0 bridgehead atoms. The first-order chi connectivity index (χ1) is 11.9. The van der Waals surface area contributed by atoms with Gasteiger partial charge >= 0.3 is 5.97 Å². The summed E-state index contributed by atoms with van der Waals surface area (Å²) in [5.74, 6) is -0.426. The predicted molar refractivity (Wildman–Crippen MR) is 90.0 cm³/mol. The predicted octanol–water partition coefficient (Wildman–Crippen LogP) is 1.91. The molecular weight excluding hydrogens is 348 g/mol. The Labute approximate surface area is 147 Å². The zero-order valence-corrected chi connectivity index (χ0v) is 14.6. The van der Waals surface area contributed by atoms with Gasteiger partial charge in [0.05, 0.1) is 14.2 Å². The number of aromatic amines is 1. The number of ether oxygens (including phenoxy) is 3. The highest BCUT2D eigenvalue weighted by Gasteiger charge is 2.39. The van der Waals surface area contributed by atoms with Crippen LogP contribution in [0.25, 0.3) is 0 Å². The van der Waals surface area contributed by atoms with Gasteiger partial charge in [0.15, 0.2) is 22.4 Å². The Morgan fingerprint density at radius 1 is 1.32 bits per heavy atom. The molecule has 1 aromatic heterocycles. The van der Waals surface area contributed by atoms with Crippen molar-refractivity contribution in [2.45, 2.75) is 19.6 Å². The Hall–Kier alpha value is -2.81. The second-order valence-corrected chi connectivity index (χ2v) is 5.68. The van der Waals surface area contributed by atoms with Gasteiger partial charge in [-0.25, -0.2) is 4.79 Å². The van der Waals surface area contributed by atoms with Gasteiger partial charge in [-0.3, -0.25) is 14.3 Å². The van der Waals surface area contributed by atoms with Gasteiger partial charge in [0.2, 0.25) is 5.88 Å². The third kappa shape index (κ3) is 2.47. The van der Waals surface area contributed by atoms with E-state index in [4.69, 9.17) is 26.4 Å². The first-order valence-corrected chi connectivity index (χ1v) is 7.87. The lowest BCUT2D eigenvalue weighted by atomic mass is 9.99. The summed E-state index contributed by atoms with van der Waals surface area (Å²) >= 11 is 5.04. The monoisotopic (exact) mass is 364 g/mol. The summed E-state index contributed by atoms with van der Waals surface area (Å²) in [5.41, 5.74) is -0.137. The van der Waals surface area contributed by atoms with Crippen LogP contribution in [0.3, 0.4) is 0 Å². The second-order valence-electron chi connectivity index (χ2n) is 5.29. The number of hydrogen-bond donors (Lipinski definition) is 2. The lowest BCUT2D eigenvalue weighted by Crippen LogP contribution is -2.22. The Morgan fingerprint density at radius 3 is 2.64 bits per heavy atom. The molecule has 1 aliphatic rings. The number of aromatic hydroxyl groups is 1. The molecule has 0 unspecified atom stereocenters. The Bertz CT molecular complexity index is 978. The van der Waals surface area contributed by atoms with Crippen molar-refractivity contribution in [3.63, 3.8) is 0 Å². The number of carbonyl (C=O) groups is 1. The summed E-state index contributed by atoms with van der Waals surface area (Å²) in [7, 11) is 2.85. The summed E-state index contributed by atoms with van der Waals surface area (Å²) in [6.07, 6.45) is -1.07. The number of nitrogens with zero attached hydrogens (tertiary/aromatic N) is 1. The molecule has 1 aromatic carbocycles. The fourth-order valence-electron chi connectivity index (χ4n) is 2.92. The first kappa shape index (κ1) is 17.0. The van der Waals surface area contributed by atoms with Crippen molar-refractivity contribution in [1.29, 1.82) is 0 Å². The Balaban J connectivity index is 2.27. The van der Waals surface area contributed by atoms with Gasteiger partial charge in [-0.05, 0) is 25.2 Å². The minimum atomic E-state index is -1.07. The van der Waals surface area contributed by atoms with E-state index >= 15 is 0 Å². The van der Waals surface area contributed by atoms with Crippen LogP contribution in [0, 0.1) is 4.77 Å². The minimum Gasteiger partial charge on any atom is -0.494 e. The van der Waals surface area contributed by atoms with E-state index < -0.39 is 17.6 Å². The van der Waals surface area contributed by atoms with Gasteiger partial charge in [0.1, 0.15) is 11.1 Å². The van der Waals surface area contributed by atoms with Crippen LogP contribution in [0.5, 0.6) is 17.4 Å². The van der Waals surface area contributed by atoms with Crippen molar-refractivity contribution in [2.24, 2.45) is 0 Å². The van der Waals surface area contributed by atoms with E-state index in [1.807, 2.05) is 0 Å². The van der Waals surface area contributed by atoms with E-state index in [0.29, 0.717) is 17.9 Å². The maximum Gasteiger partial charge on any atom is 0.343 e. The van der Waals surface area contributed by atoms with E-state index in [0.717, 1.165) is 0 Å². The van der Waals surface area contributed by atoms with Crippen molar-refractivity contribution >= 4 is 18.2 Å². The van der Waals surface area contributed by atoms with Crippen LogP contribution in [0.4, 0.5) is 0 Å². The Kier molecular flexibility index (Phi) is 4.25. The van der Waals surface area contributed by atoms with Gasteiger partial charge in [0.25, 0.3) is 5.56 Å². The molecule has 0 saturated carbocycles. The summed E-state index contributed by atoms with van der Waals surface area (Å²) in [6, 6.07) is 3.20. The molecule has 3 rings (SSSR count). The third-order valence-electron chi connectivity index (χ3n) is 4.07. The molecule has 1 aliphatic heterocycles. The number of rotatable bonds is 4. The molecule has 0 radical (unpaired) electrons. The maximum absolute atomic E-state index is 12.4. The molecule has 25 heavy (non-hydrogen) atoms. The molecule has 1 atom stereocenters. The Morgan fingerprint density at radius 2 is 2.04 bits per heavy atom. The van der Waals surface area contributed by atoms with Crippen LogP contribution in [-0.2, 0) is 11.3 Å². The summed E-state index contributed by atoms with van der Waals surface area (Å²) in [4.78, 5) is 27.2. The van der Waals surface area contributed by atoms with Crippen LogP contribution in [0.15, 0.2) is 16.9 Å². The highest BCUT2D eigenvalue weighted by Crippen LogP contribution is 2.44. The summed E-state index contributed by atoms with van der Waals surface area (Å²) < 4.78 is 17.2.